The fourth-order valence-corrected chi connectivity index (χ4v) is 1.40. The second-order valence-corrected chi connectivity index (χ2v) is 3.65. The Hall–Kier alpha value is -1.52. The number of benzene rings is 1. The van der Waals surface area contributed by atoms with Crippen molar-refractivity contribution >= 4 is 5.57 Å². The van der Waals surface area contributed by atoms with Crippen molar-refractivity contribution in [3.8, 4) is 11.5 Å². The molecule has 0 atom stereocenters. The number of ether oxygens (including phenoxy) is 4. The van der Waals surface area contributed by atoms with E-state index in [1.165, 1.54) is 0 Å². The molecule has 0 bridgehead atoms. The molecule has 0 aliphatic carbocycles. The van der Waals surface area contributed by atoms with Crippen LogP contribution in [0.15, 0.2) is 24.3 Å². The summed E-state index contributed by atoms with van der Waals surface area (Å²) in [6.07, 6.45) is 1.78. The molecule has 0 aromatic heterocycles. The lowest BCUT2D eigenvalue weighted by molar-refractivity contribution is 0.0459. The third-order valence-corrected chi connectivity index (χ3v) is 2.36. The summed E-state index contributed by atoms with van der Waals surface area (Å²) in [5.74, 6) is 1.38. The van der Waals surface area contributed by atoms with Crippen LogP contribution < -0.4 is 9.47 Å². The SMILES string of the molecule is [CH2]/C=C(/C)c1ccc(OCOC)cc1OCOC. The summed E-state index contributed by atoms with van der Waals surface area (Å²) in [6.45, 7) is 6.11. The molecule has 99 valence electrons. The van der Waals surface area contributed by atoms with Crippen molar-refractivity contribution in [2.75, 3.05) is 27.8 Å². The highest BCUT2D eigenvalue weighted by molar-refractivity contribution is 5.70. The van der Waals surface area contributed by atoms with Crippen molar-refractivity contribution in [2.24, 2.45) is 0 Å². The average Bonchev–Trinajstić information content (AvgIpc) is 2.42. The molecule has 4 nitrogen and oxygen atoms in total. The van der Waals surface area contributed by atoms with Crippen LogP contribution in [0.2, 0.25) is 0 Å². The lowest BCUT2D eigenvalue weighted by Crippen LogP contribution is -2.03. The number of rotatable bonds is 7. The first-order valence-corrected chi connectivity index (χ1v) is 5.56. The van der Waals surface area contributed by atoms with Gasteiger partial charge in [-0.15, -0.1) is 0 Å². The van der Waals surface area contributed by atoms with Gasteiger partial charge in [0.1, 0.15) is 11.5 Å². The summed E-state index contributed by atoms with van der Waals surface area (Å²) in [5, 5.41) is 0. The fourth-order valence-electron chi connectivity index (χ4n) is 1.40. The number of hydrogen-bond donors (Lipinski definition) is 0. The molecule has 1 aromatic carbocycles. The minimum Gasteiger partial charge on any atom is -0.467 e. The van der Waals surface area contributed by atoms with Crippen molar-refractivity contribution < 1.29 is 18.9 Å². The second-order valence-electron chi connectivity index (χ2n) is 3.65. The van der Waals surface area contributed by atoms with Gasteiger partial charge in [0.05, 0.1) is 0 Å². The van der Waals surface area contributed by atoms with Crippen LogP contribution in [0, 0.1) is 6.92 Å². The zero-order chi connectivity index (χ0) is 13.4. The number of hydrogen-bond acceptors (Lipinski definition) is 4. The van der Waals surface area contributed by atoms with Crippen molar-refractivity contribution in [3.05, 3.63) is 36.8 Å². The minimum atomic E-state index is 0.186. The smallest absolute Gasteiger partial charge is 0.188 e. The molecule has 4 heteroatoms. The van der Waals surface area contributed by atoms with E-state index in [2.05, 4.69) is 6.92 Å². The topological polar surface area (TPSA) is 36.9 Å². The Bertz CT molecular complexity index is 399. The molecule has 1 radical (unpaired) electrons. The molecule has 0 spiro atoms. The van der Waals surface area contributed by atoms with Crippen LogP contribution in [0.3, 0.4) is 0 Å². The Morgan fingerprint density at radius 3 is 2.44 bits per heavy atom. The predicted molar refractivity (Wildman–Crippen MR) is 70.5 cm³/mol. The Morgan fingerprint density at radius 1 is 1.17 bits per heavy atom. The van der Waals surface area contributed by atoms with Crippen molar-refractivity contribution in [3.63, 3.8) is 0 Å². The van der Waals surface area contributed by atoms with Crippen LogP contribution in [0.25, 0.3) is 5.57 Å². The molecule has 0 N–H and O–H groups in total. The molecule has 0 aliphatic heterocycles. The fraction of sp³-hybridized carbons (Fsp3) is 0.357. The molecule has 0 fully saturated rings. The van der Waals surface area contributed by atoms with E-state index < -0.39 is 0 Å². The van der Waals surface area contributed by atoms with Gasteiger partial charge in [0.2, 0.25) is 0 Å². The summed E-state index contributed by atoms with van der Waals surface area (Å²) >= 11 is 0. The number of methoxy groups -OCH3 is 2. The third-order valence-electron chi connectivity index (χ3n) is 2.36. The average molecular weight is 251 g/mol. The van der Waals surface area contributed by atoms with Gasteiger partial charge in [0.15, 0.2) is 13.6 Å². The summed E-state index contributed by atoms with van der Waals surface area (Å²) in [6, 6.07) is 5.59. The van der Waals surface area contributed by atoms with Crippen LogP contribution in [0.5, 0.6) is 11.5 Å². The van der Waals surface area contributed by atoms with Crippen LogP contribution >= 0.6 is 0 Å². The molecule has 0 unspecified atom stereocenters. The maximum Gasteiger partial charge on any atom is 0.188 e. The van der Waals surface area contributed by atoms with E-state index in [1.807, 2.05) is 19.1 Å². The highest BCUT2D eigenvalue weighted by Crippen LogP contribution is 2.30. The van der Waals surface area contributed by atoms with E-state index in [-0.39, 0.29) is 13.6 Å². The molecule has 0 saturated carbocycles. The first kappa shape index (κ1) is 14.5. The molecular weight excluding hydrogens is 232 g/mol. The Balaban J connectivity index is 2.96. The quantitative estimate of drug-likeness (QED) is 0.698. The third kappa shape index (κ3) is 4.05. The predicted octanol–water partition coefficient (Wildman–Crippen LogP) is 2.89. The van der Waals surface area contributed by atoms with Crippen molar-refractivity contribution in [2.45, 2.75) is 6.92 Å². The van der Waals surface area contributed by atoms with E-state index in [4.69, 9.17) is 18.9 Å². The largest absolute Gasteiger partial charge is 0.467 e. The molecule has 1 aromatic rings. The van der Waals surface area contributed by atoms with Crippen molar-refractivity contribution in [1.82, 2.24) is 0 Å². The summed E-state index contributed by atoms with van der Waals surface area (Å²) < 4.78 is 20.7. The van der Waals surface area contributed by atoms with Gasteiger partial charge in [0, 0.05) is 25.8 Å². The highest BCUT2D eigenvalue weighted by atomic mass is 16.7. The summed E-state index contributed by atoms with van der Waals surface area (Å²) in [4.78, 5) is 0. The highest BCUT2D eigenvalue weighted by Gasteiger charge is 2.07. The van der Waals surface area contributed by atoms with E-state index in [0.29, 0.717) is 11.5 Å². The normalized spacial score (nSPS) is 11.4. The molecular formula is C14H19O4. The van der Waals surface area contributed by atoms with Gasteiger partial charge in [-0.2, -0.15) is 0 Å². The van der Waals surface area contributed by atoms with E-state index in [1.54, 1.807) is 26.4 Å². The molecule has 0 aliphatic rings. The summed E-state index contributed by atoms with van der Waals surface area (Å²) in [5.41, 5.74) is 1.99. The molecule has 0 amide bonds. The lowest BCUT2D eigenvalue weighted by Gasteiger charge is -2.13. The second kappa shape index (κ2) is 7.74. The Kier molecular flexibility index (Phi) is 6.25. The molecule has 0 saturated heterocycles. The monoisotopic (exact) mass is 251 g/mol. The van der Waals surface area contributed by atoms with E-state index >= 15 is 0 Å². The maximum atomic E-state index is 5.52. The van der Waals surface area contributed by atoms with Gasteiger partial charge in [-0.1, -0.05) is 6.08 Å². The first-order chi connectivity index (χ1) is 8.72. The standard InChI is InChI=1S/C14H19O4/c1-5-11(2)13-7-6-12(17-9-15-3)8-14(13)18-10-16-4/h5-8H,1,9-10H2,2-4H3/b11-5-. The van der Waals surface area contributed by atoms with Gasteiger partial charge in [-0.05, 0) is 31.6 Å². The molecule has 0 heterocycles. The van der Waals surface area contributed by atoms with Gasteiger partial charge >= 0.3 is 0 Å². The van der Waals surface area contributed by atoms with Gasteiger partial charge in [0.25, 0.3) is 0 Å². The van der Waals surface area contributed by atoms with Crippen LogP contribution in [0.4, 0.5) is 0 Å². The molecule has 1 rings (SSSR count). The van der Waals surface area contributed by atoms with Crippen LogP contribution in [-0.2, 0) is 9.47 Å². The van der Waals surface area contributed by atoms with Gasteiger partial charge < -0.3 is 18.9 Å². The number of allylic oxidation sites excluding steroid dienone is 2. The minimum absolute atomic E-state index is 0.186. The molecule has 18 heavy (non-hydrogen) atoms. The van der Waals surface area contributed by atoms with E-state index in [9.17, 15) is 0 Å². The van der Waals surface area contributed by atoms with Crippen molar-refractivity contribution in [1.29, 1.82) is 0 Å². The lowest BCUT2D eigenvalue weighted by atomic mass is 10.1. The van der Waals surface area contributed by atoms with Crippen LogP contribution in [-0.4, -0.2) is 27.8 Å². The zero-order valence-corrected chi connectivity index (χ0v) is 11.1. The Labute approximate surface area is 108 Å². The maximum absolute atomic E-state index is 5.52. The summed E-state index contributed by atoms with van der Waals surface area (Å²) in [7, 11) is 3.15. The first-order valence-electron chi connectivity index (χ1n) is 5.56. The van der Waals surface area contributed by atoms with E-state index in [0.717, 1.165) is 11.1 Å². The van der Waals surface area contributed by atoms with Gasteiger partial charge in [-0.3, -0.25) is 0 Å². The zero-order valence-electron chi connectivity index (χ0n) is 11.1. The Morgan fingerprint density at radius 2 is 1.83 bits per heavy atom. The van der Waals surface area contributed by atoms with Gasteiger partial charge in [-0.25, -0.2) is 0 Å². The van der Waals surface area contributed by atoms with Crippen LogP contribution in [0.1, 0.15) is 12.5 Å².